The molecule has 26 heavy (non-hydrogen) atoms. The number of aliphatic hydroxyl groups is 1. The second kappa shape index (κ2) is 6.72. The van der Waals surface area contributed by atoms with Crippen molar-refractivity contribution in [1.29, 1.82) is 0 Å². The molecular formula is C18H25F3N4O. The van der Waals surface area contributed by atoms with Crippen LogP contribution in [0.4, 0.5) is 19.0 Å². The molecule has 1 saturated carbocycles. The van der Waals surface area contributed by atoms with Gasteiger partial charge in [0.1, 0.15) is 24.3 Å². The first kappa shape index (κ1) is 18.9. The molecule has 0 saturated heterocycles. The molecule has 0 radical (unpaired) electrons. The smallest absolute Gasteiger partial charge is 0.390 e. The van der Waals surface area contributed by atoms with Gasteiger partial charge in [-0.1, -0.05) is 6.92 Å². The number of nitrogens with zero attached hydrogens (tertiary/aromatic N) is 3. The van der Waals surface area contributed by atoms with Crippen LogP contribution in [-0.4, -0.2) is 44.4 Å². The van der Waals surface area contributed by atoms with Crippen LogP contribution in [0.15, 0.2) is 18.6 Å². The quantitative estimate of drug-likeness (QED) is 0.857. The molecule has 0 aliphatic heterocycles. The van der Waals surface area contributed by atoms with Crippen molar-refractivity contribution in [2.24, 2.45) is 11.8 Å². The second-order valence-electron chi connectivity index (χ2n) is 7.89. The van der Waals surface area contributed by atoms with Gasteiger partial charge in [-0.25, -0.2) is 9.97 Å². The van der Waals surface area contributed by atoms with Gasteiger partial charge in [0.15, 0.2) is 0 Å². The average molecular weight is 370 g/mol. The van der Waals surface area contributed by atoms with E-state index in [4.69, 9.17) is 0 Å². The summed E-state index contributed by atoms with van der Waals surface area (Å²) in [5.41, 5.74) is -0.401. The number of nitrogens with one attached hydrogen (secondary N) is 1. The van der Waals surface area contributed by atoms with E-state index in [1.165, 1.54) is 11.2 Å². The van der Waals surface area contributed by atoms with E-state index in [1.807, 2.05) is 6.92 Å². The number of aromatic nitrogens is 3. The fraction of sp³-hybridized carbons (Fsp3) is 0.667. The van der Waals surface area contributed by atoms with Crippen LogP contribution in [0.5, 0.6) is 0 Å². The van der Waals surface area contributed by atoms with Gasteiger partial charge in [0, 0.05) is 12.2 Å². The lowest BCUT2D eigenvalue weighted by Gasteiger charge is -2.45. The Balaban J connectivity index is 2.02. The molecule has 0 bridgehead atoms. The van der Waals surface area contributed by atoms with Crippen molar-refractivity contribution in [1.82, 2.24) is 15.0 Å². The summed E-state index contributed by atoms with van der Waals surface area (Å²) < 4.78 is 40.2. The largest absolute Gasteiger partial charge is 0.405 e. The van der Waals surface area contributed by atoms with Gasteiger partial charge in [0.05, 0.1) is 11.0 Å². The molecule has 0 aromatic carbocycles. The van der Waals surface area contributed by atoms with Gasteiger partial charge in [-0.05, 0) is 51.0 Å². The van der Waals surface area contributed by atoms with E-state index in [0.29, 0.717) is 23.3 Å². The summed E-state index contributed by atoms with van der Waals surface area (Å²) in [4.78, 5) is 12.6. The van der Waals surface area contributed by atoms with Crippen LogP contribution in [0, 0.1) is 11.8 Å². The van der Waals surface area contributed by atoms with Crippen LogP contribution >= 0.6 is 0 Å². The summed E-state index contributed by atoms with van der Waals surface area (Å²) in [7, 11) is 0. The lowest BCUT2D eigenvalue weighted by Crippen LogP contribution is -2.50. The molecule has 2 aromatic heterocycles. The van der Waals surface area contributed by atoms with E-state index in [9.17, 15) is 18.3 Å². The zero-order chi connectivity index (χ0) is 19.1. The van der Waals surface area contributed by atoms with Crippen LogP contribution in [-0.2, 0) is 0 Å². The Bertz CT molecular complexity index is 753. The van der Waals surface area contributed by atoms with Crippen molar-refractivity contribution in [2.45, 2.75) is 57.9 Å². The number of H-pyrrole nitrogens is 1. The van der Waals surface area contributed by atoms with E-state index < -0.39 is 18.3 Å². The number of anilines is 1. The molecule has 5 nitrogen and oxygen atoms in total. The third-order valence-electron chi connectivity index (χ3n) is 5.51. The van der Waals surface area contributed by atoms with E-state index >= 15 is 0 Å². The number of fused-ring (bicyclic) bond motifs is 1. The molecule has 3 atom stereocenters. The van der Waals surface area contributed by atoms with Crippen molar-refractivity contribution in [2.75, 3.05) is 11.4 Å². The molecule has 2 N–H and O–H groups in total. The van der Waals surface area contributed by atoms with Gasteiger partial charge in [-0.2, -0.15) is 13.2 Å². The standard InChI is InChI=1S/C18H25F3N4O/c1-11-4-5-12(17(2,3)26)8-14(11)25(9-18(19,20)21)16-13-6-7-22-15(13)23-10-24-16/h6-7,10-12,14,26H,4-5,8-9H2,1-3H3,(H,22,23,24). The number of hydrogen-bond donors (Lipinski definition) is 2. The zero-order valence-electron chi connectivity index (χ0n) is 15.2. The number of alkyl halides is 3. The minimum Gasteiger partial charge on any atom is -0.390 e. The predicted octanol–water partition coefficient (Wildman–Crippen LogP) is 3.90. The van der Waals surface area contributed by atoms with Crippen molar-refractivity contribution < 1.29 is 18.3 Å². The monoisotopic (exact) mass is 370 g/mol. The molecule has 3 unspecified atom stereocenters. The second-order valence-corrected chi connectivity index (χ2v) is 7.89. The van der Waals surface area contributed by atoms with E-state index in [0.717, 1.165) is 12.8 Å². The van der Waals surface area contributed by atoms with Crippen LogP contribution in [0.3, 0.4) is 0 Å². The van der Waals surface area contributed by atoms with Gasteiger partial charge in [-0.3, -0.25) is 0 Å². The Morgan fingerprint density at radius 1 is 1.27 bits per heavy atom. The first-order chi connectivity index (χ1) is 12.1. The van der Waals surface area contributed by atoms with Crippen LogP contribution in [0.2, 0.25) is 0 Å². The van der Waals surface area contributed by atoms with Gasteiger partial charge in [-0.15, -0.1) is 0 Å². The summed E-state index contributed by atoms with van der Waals surface area (Å²) in [5.74, 6) is 0.310. The van der Waals surface area contributed by atoms with Gasteiger partial charge < -0.3 is 15.0 Å². The Hall–Kier alpha value is -1.83. The lowest BCUT2D eigenvalue weighted by atomic mass is 9.72. The maximum Gasteiger partial charge on any atom is 0.405 e. The van der Waals surface area contributed by atoms with Crippen molar-refractivity contribution in [3.05, 3.63) is 18.6 Å². The summed E-state index contributed by atoms with van der Waals surface area (Å²) in [6.07, 6.45) is 0.669. The Morgan fingerprint density at radius 3 is 2.65 bits per heavy atom. The molecule has 8 heteroatoms. The number of rotatable bonds is 4. The number of hydrogen-bond acceptors (Lipinski definition) is 4. The Kier molecular flexibility index (Phi) is 4.90. The first-order valence-electron chi connectivity index (χ1n) is 8.90. The molecule has 144 valence electrons. The van der Waals surface area contributed by atoms with E-state index in [1.54, 1.807) is 26.1 Å². The molecule has 0 spiro atoms. The van der Waals surface area contributed by atoms with Crippen LogP contribution < -0.4 is 4.90 Å². The highest BCUT2D eigenvalue weighted by molar-refractivity contribution is 5.87. The Morgan fingerprint density at radius 2 is 2.00 bits per heavy atom. The molecule has 2 aromatic rings. The highest BCUT2D eigenvalue weighted by Crippen LogP contribution is 2.40. The number of halogens is 3. The molecule has 1 fully saturated rings. The van der Waals surface area contributed by atoms with Gasteiger partial charge >= 0.3 is 6.18 Å². The maximum absolute atomic E-state index is 13.4. The minimum absolute atomic E-state index is 0.0528. The molecular weight excluding hydrogens is 345 g/mol. The van der Waals surface area contributed by atoms with Crippen LogP contribution in [0.1, 0.15) is 40.0 Å². The Labute approximate surface area is 150 Å². The summed E-state index contributed by atoms with van der Waals surface area (Å²) in [5, 5.41) is 11.0. The normalized spacial score (nSPS) is 24.8. The fourth-order valence-corrected chi connectivity index (χ4v) is 4.00. The van der Waals surface area contributed by atoms with E-state index in [2.05, 4.69) is 15.0 Å². The van der Waals surface area contributed by atoms with Crippen LogP contribution in [0.25, 0.3) is 11.0 Å². The van der Waals surface area contributed by atoms with Gasteiger partial charge in [0.2, 0.25) is 0 Å². The van der Waals surface area contributed by atoms with E-state index in [-0.39, 0.29) is 17.9 Å². The first-order valence-corrected chi connectivity index (χ1v) is 8.90. The number of aromatic amines is 1. The van der Waals surface area contributed by atoms with Gasteiger partial charge in [0.25, 0.3) is 0 Å². The molecule has 2 heterocycles. The summed E-state index contributed by atoms with van der Waals surface area (Å²) >= 11 is 0. The predicted molar refractivity (Wildman–Crippen MR) is 93.9 cm³/mol. The van der Waals surface area contributed by atoms with Crippen molar-refractivity contribution in [3.8, 4) is 0 Å². The molecule has 1 aliphatic carbocycles. The molecule has 0 amide bonds. The third kappa shape index (κ3) is 3.95. The SMILES string of the molecule is CC1CCC(C(C)(C)O)CC1N(CC(F)(F)F)c1ncnc2[nH]ccc12. The lowest BCUT2D eigenvalue weighted by molar-refractivity contribution is -0.122. The molecule has 1 aliphatic rings. The summed E-state index contributed by atoms with van der Waals surface area (Å²) in [6, 6.07) is 1.35. The van der Waals surface area contributed by atoms with Crippen molar-refractivity contribution >= 4 is 16.9 Å². The zero-order valence-corrected chi connectivity index (χ0v) is 15.2. The highest BCUT2D eigenvalue weighted by atomic mass is 19.4. The third-order valence-corrected chi connectivity index (χ3v) is 5.51. The topological polar surface area (TPSA) is 65.0 Å². The molecule has 3 rings (SSSR count). The highest BCUT2D eigenvalue weighted by Gasteiger charge is 2.42. The fourth-order valence-electron chi connectivity index (χ4n) is 4.00. The minimum atomic E-state index is -4.35. The maximum atomic E-state index is 13.4. The summed E-state index contributed by atoms with van der Waals surface area (Å²) in [6.45, 7) is 4.36. The van der Waals surface area contributed by atoms with Crippen molar-refractivity contribution in [3.63, 3.8) is 0 Å². The average Bonchev–Trinajstić information content (AvgIpc) is 3.00.